The topological polar surface area (TPSA) is 86.3 Å². The van der Waals surface area contributed by atoms with E-state index in [1.54, 1.807) is 31.3 Å². The summed E-state index contributed by atoms with van der Waals surface area (Å²) in [5, 5.41) is 14.9. The molecule has 1 spiro atoms. The second kappa shape index (κ2) is 9.49. The molecular formula is C25H27ClFN7O. The van der Waals surface area contributed by atoms with E-state index in [4.69, 9.17) is 11.6 Å². The zero-order valence-electron chi connectivity index (χ0n) is 19.7. The number of amides is 1. The summed E-state index contributed by atoms with van der Waals surface area (Å²) < 4.78 is 14.3. The van der Waals surface area contributed by atoms with Crippen LogP contribution in [0.25, 0.3) is 11.3 Å². The van der Waals surface area contributed by atoms with E-state index in [-0.39, 0.29) is 17.0 Å². The van der Waals surface area contributed by atoms with Gasteiger partial charge in [0.05, 0.1) is 23.6 Å². The molecule has 8 nitrogen and oxygen atoms in total. The number of aryl methyl sites for hydroxylation is 1. The second-order valence-corrected chi connectivity index (χ2v) is 9.75. The number of nitrogens with zero attached hydrogens (tertiary/aromatic N) is 5. The van der Waals surface area contributed by atoms with Crippen LogP contribution in [0.2, 0.25) is 5.02 Å². The fraction of sp³-hybridized carbons (Fsp3) is 0.360. The van der Waals surface area contributed by atoms with Crippen LogP contribution in [-0.2, 0) is 4.79 Å². The Morgan fingerprint density at radius 3 is 2.80 bits per heavy atom. The standard InChI is InChI=1S/C25H27ClFN7O/c1-16-21(13-22(32-31-16)19-11-17(26)3-4-20(19)27)29-18-5-8-28-23(12-18)30-24(35)14-34-10-9-33(2)25(15-34)6-7-25/h3-5,8,11-13H,6-7,9-10,14-15H2,1-2H3,(H2,28,29,30,32,35). The Morgan fingerprint density at radius 1 is 1.17 bits per heavy atom. The Hall–Kier alpha value is -3.14. The highest BCUT2D eigenvalue weighted by molar-refractivity contribution is 6.30. The van der Waals surface area contributed by atoms with Crippen molar-refractivity contribution >= 4 is 34.7 Å². The van der Waals surface area contributed by atoms with Crippen LogP contribution < -0.4 is 10.6 Å². The lowest BCUT2D eigenvalue weighted by molar-refractivity contribution is -0.118. The molecule has 2 aromatic heterocycles. The molecule has 1 aliphatic heterocycles. The van der Waals surface area contributed by atoms with E-state index in [1.807, 2.05) is 0 Å². The Labute approximate surface area is 208 Å². The number of benzene rings is 1. The van der Waals surface area contributed by atoms with E-state index in [9.17, 15) is 9.18 Å². The molecule has 2 aliphatic rings. The maximum Gasteiger partial charge on any atom is 0.239 e. The zero-order chi connectivity index (χ0) is 24.6. The van der Waals surface area contributed by atoms with E-state index in [2.05, 4.69) is 42.7 Å². The summed E-state index contributed by atoms with van der Waals surface area (Å²) in [5.74, 6) is -0.0631. The van der Waals surface area contributed by atoms with Crippen molar-refractivity contribution in [3.05, 3.63) is 59.1 Å². The lowest BCUT2D eigenvalue weighted by Gasteiger charge is -2.39. The first-order chi connectivity index (χ1) is 16.8. The molecule has 3 aromatic rings. The van der Waals surface area contributed by atoms with Crippen molar-refractivity contribution in [2.24, 2.45) is 0 Å². The van der Waals surface area contributed by atoms with Gasteiger partial charge in [-0.3, -0.25) is 14.6 Å². The summed E-state index contributed by atoms with van der Waals surface area (Å²) in [6, 6.07) is 9.57. The summed E-state index contributed by atoms with van der Waals surface area (Å²) >= 11 is 6.03. The number of hydrogen-bond donors (Lipinski definition) is 2. The van der Waals surface area contributed by atoms with Crippen LogP contribution in [0.1, 0.15) is 18.5 Å². The van der Waals surface area contributed by atoms with Gasteiger partial charge in [0, 0.05) is 53.7 Å². The number of nitrogens with one attached hydrogen (secondary N) is 2. The van der Waals surface area contributed by atoms with Gasteiger partial charge in [0.25, 0.3) is 0 Å². The third-order valence-electron chi connectivity index (χ3n) is 6.76. The second-order valence-electron chi connectivity index (χ2n) is 9.31. The number of likely N-dealkylation sites (N-methyl/N-ethyl adjacent to an activating group) is 1. The van der Waals surface area contributed by atoms with Crippen molar-refractivity contribution in [1.29, 1.82) is 0 Å². The maximum atomic E-state index is 14.3. The number of carbonyl (C=O) groups excluding carboxylic acids is 1. The van der Waals surface area contributed by atoms with Gasteiger partial charge in [-0.25, -0.2) is 9.37 Å². The number of hydrogen-bond acceptors (Lipinski definition) is 7. The van der Waals surface area contributed by atoms with Gasteiger partial charge in [0.2, 0.25) is 5.91 Å². The largest absolute Gasteiger partial charge is 0.354 e. The molecule has 182 valence electrons. The quantitative estimate of drug-likeness (QED) is 0.532. The Bertz CT molecular complexity index is 1270. The Kier molecular flexibility index (Phi) is 6.39. The number of aromatic nitrogens is 3. The van der Waals surface area contributed by atoms with Crippen LogP contribution in [-0.4, -0.2) is 69.7 Å². The number of pyridine rings is 1. The van der Waals surface area contributed by atoms with Gasteiger partial charge in [-0.05, 0) is 57.1 Å². The van der Waals surface area contributed by atoms with Crippen LogP contribution >= 0.6 is 11.6 Å². The highest BCUT2D eigenvalue weighted by atomic mass is 35.5. The minimum absolute atomic E-state index is 0.0875. The van der Waals surface area contributed by atoms with Crippen molar-refractivity contribution < 1.29 is 9.18 Å². The van der Waals surface area contributed by atoms with Crippen molar-refractivity contribution in [3.8, 4) is 11.3 Å². The molecule has 3 heterocycles. The first kappa shape index (κ1) is 23.6. The molecule has 0 atom stereocenters. The maximum absolute atomic E-state index is 14.3. The van der Waals surface area contributed by atoms with Gasteiger partial charge in [0.15, 0.2) is 0 Å². The predicted molar refractivity (Wildman–Crippen MR) is 134 cm³/mol. The number of anilines is 3. The summed E-state index contributed by atoms with van der Waals surface area (Å²) in [5.41, 5.74) is 2.91. The first-order valence-electron chi connectivity index (χ1n) is 11.6. The molecule has 5 rings (SSSR count). The third-order valence-corrected chi connectivity index (χ3v) is 7.00. The molecule has 0 radical (unpaired) electrons. The minimum atomic E-state index is -0.430. The average molecular weight is 496 g/mol. The summed E-state index contributed by atoms with van der Waals surface area (Å²) in [4.78, 5) is 21.6. The van der Waals surface area contributed by atoms with Gasteiger partial charge >= 0.3 is 0 Å². The van der Waals surface area contributed by atoms with E-state index in [1.165, 1.54) is 31.0 Å². The molecular weight excluding hydrogens is 469 g/mol. The molecule has 10 heteroatoms. The van der Waals surface area contributed by atoms with Crippen LogP contribution in [0.15, 0.2) is 42.6 Å². The molecule has 1 saturated carbocycles. The van der Waals surface area contributed by atoms with Crippen LogP contribution in [0, 0.1) is 12.7 Å². The number of rotatable bonds is 6. The van der Waals surface area contributed by atoms with E-state index in [0.717, 1.165) is 19.6 Å². The molecule has 0 unspecified atom stereocenters. The smallest absolute Gasteiger partial charge is 0.239 e. The lowest BCUT2D eigenvalue weighted by Crippen LogP contribution is -2.54. The highest BCUT2D eigenvalue weighted by Crippen LogP contribution is 2.43. The first-order valence-corrected chi connectivity index (χ1v) is 12.0. The lowest BCUT2D eigenvalue weighted by atomic mass is 10.1. The molecule has 1 saturated heterocycles. The highest BCUT2D eigenvalue weighted by Gasteiger charge is 2.49. The van der Waals surface area contributed by atoms with Crippen LogP contribution in [0.5, 0.6) is 0 Å². The Balaban J connectivity index is 1.26. The fourth-order valence-corrected chi connectivity index (χ4v) is 4.66. The molecule has 35 heavy (non-hydrogen) atoms. The van der Waals surface area contributed by atoms with Gasteiger partial charge in [-0.1, -0.05) is 11.6 Å². The monoisotopic (exact) mass is 495 g/mol. The average Bonchev–Trinajstić information content (AvgIpc) is 3.60. The van der Waals surface area contributed by atoms with Gasteiger partial charge in [0.1, 0.15) is 11.6 Å². The van der Waals surface area contributed by atoms with Gasteiger partial charge in [-0.2, -0.15) is 10.2 Å². The van der Waals surface area contributed by atoms with Crippen LogP contribution in [0.3, 0.4) is 0 Å². The van der Waals surface area contributed by atoms with Crippen molar-refractivity contribution in [3.63, 3.8) is 0 Å². The van der Waals surface area contributed by atoms with Crippen molar-refractivity contribution in [2.45, 2.75) is 25.3 Å². The summed E-state index contributed by atoms with van der Waals surface area (Å²) in [6.45, 7) is 4.93. The zero-order valence-corrected chi connectivity index (χ0v) is 20.4. The number of carbonyl (C=O) groups is 1. The fourth-order valence-electron chi connectivity index (χ4n) is 4.49. The van der Waals surface area contributed by atoms with Crippen molar-refractivity contribution in [2.75, 3.05) is 43.9 Å². The molecule has 1 amide bonds. The normalized spacial score (nSPS) is 17.4. The minimum Gasteiger partial charge on any atom is -0.354 e. The van der Waals surface area contributed by atoms with E-state index in [0.29, 0.717) is 40.1 Å². The Morgan fingerprint density at radius 2 is 2.00 bits per heavy atom. The van der Waals surface area contributed by atoms with Crippen LogP contribution in [0.4, 0.5) is 21.6 Å². The van der Waals surface area contributed by atoms with Gasteiger partial charge < -0.3 is 10.6 Å². The third kappa shape index (κ3) is 5.27. The molecule has 1 aromatic carbocycles. The molecule has 2 N–H and O–H groups in total. The molecule has 2 fully saturated rings. The van der Waals surface area contributed by atoms with Gasteiger partial charge in [-0.15, -0.1) is 0 Å². The van der Waals surface area contributed by atoms with E-state index < -0.39 is 5.82 Å². The predicted octanol–water partition coefficient (Wildman–Crippen LogP) is 4.10. The van der Waals surface area contributed by atoms with Crippen molar-refractivity contribution in [1.82, 2.24) is 25.0 Å². The number of halogens is 2. The summed E-state index contributed by atoms with van der Waals surface area (Å²) in [7, 11) is 2.17. The number of piperazine rings is 1. The van der Waals surface area contributed by atoms with E-state index >= 15 is 0 Å². The summed E-state index contributed by atoms with van der Waals surface area (Å²) in [6.07, 6.45) is 4.02. The SMILES string of the molecule is Cc1nnc(-c2cc(Cl)ccc2F)cc1Nc1ccnc(NC(=O)CN2CCN(C)C3(CC3)C2)c1. The molecule has 0 bridgehead atoms. The molecule has 1 aliphatic carbocycles.